The quantitative estimate of drug-likeness (QED) is 0.361. The summed E-state index contributed by atoms with van der Waals surface area (Å²) in [5.41, 5.74) is 0.374. The van der Waals surface area contributed by atoms with Gasteiger partial charge in [0.15, 0.2) is 5.96 Å². The molecule has 1 unspecified atom stereocenters. The maximum atomic E-state index is 5.78. The fraction of sp³-hybridized carbons (Fsp3) is 0.944. The van der Waals surface area contributed by atoms with Gasteiger partial charge in [0.2, 0.25) is 0 Å². The Morgan fingerprint density at radius 2 is 2.08 bits per heavy atom. The predicted molar refractivity (Wildman–Crippen MR) is 96.6 cm³/mol. The van der Waals surface area contributed by atoms with Crippen LogP contribution in [0.2, 0.25) is 0 Å². The highest BCUT2D eigenvalue weighted by Crippen LogP contribution is 2.40. The number of aliphatic imine (C=N–C) groups is 1. The molecule has 0 amide bonds. The molecule has 2 fully saturated rings. The normalized spacial score (nSPS) is 23.6. The first kappa shape index (κ1) is 19.5. The molecule has 1 saturated heterocycles. The van der Waals surface area contributed by atoms with E-state index in [1.165, 1.54) is 25.7 Å². The Bertz CT molecular complexity index is 365. The summed E-state index contributed by atoms with van der Waals surface area (Å²) < 4.78 is 16.4. The molecule has 0 aromatic rings. The number of guanidine groups is 1. The Labute approximate surface area is 146 Å². The third kappa shape index (κ3) is 6.57. The van der Waals surface area contributed by atoms with Crippen molar-refractivity contribution in [2.45, 2.75) is 51.0 Å². The van der Waals surface area contributed by atoms with Gasteiger partial charge in [0.1, 0.15) is 0 Å². The van der Waals surface area contributed by atoms with Crippen molar-refractivity contribution in [3.63, 3.8) is 0 Å². The smallest absolute Gasteiger partial charge is 0.190 e. The first-order valence-electron chi connectivity index (χ1n) is 9.41. The van der Waals surface area contributed by atoms with Gasteiger partial charge in [-0.25, -0.2) is 0 Å². The fourth-order valence-corrected chi connectivity index (χ4v) is 3.62. The number of ether oxygens (including phenoxy) is 3. The zero-order chi connectivity index (χ0) is 17.1. The Balaban J connectivity index is 1.60. The van der Waals surface area contributed by atoms with Crippen molar-refractivity contribution in [1.29, 1.82) is 0 Å². The molecule has 6 heteroatoms. The van der Waals surface area contributed by atoms with E-state index in [-0.39, 0.29) is 0 Å². The van der Waals surface area contributed by atoms with E-state index < -0.39 is 0 Å². The largest absolute Gasteiger partial charge is 0.385 e. The van der Waals surface area contributed by atoms with Crippen LogP contribution in [0, 0.1) is 5.41 Å². The van der Waals surface area contributed by atoms with E-state index in [0.717, 1.165) is 64.7 Å². The van der Waals surface area contributed by atoms with Crippen LogP contribution in [-0.4, -0.2) is 65.7 Å². The third-order valence-electron chi connectivity index (χ3n) is 5.21. The van der Waals surface area contributed by atoms with Crippen molar-refractivity contribution in [2.24, 2.45) is 10.4 Å². The van der Waals surface area contributed by atoms with Gasteiger partial charge < -0.3 is 24.8 Å². The molecule has 1 atom stereocenters. The summed E-state index contributed by atoms with van der Waals surface area (Å²) in [6.45, 7) is 5.06. The number of hydrogen-bond donors (Lipinski definition) is 2. The zero-order valence-corrected chi connectivity index (χ0v) is 15.4. The monoisotopic (exact) mass is 341 g/mol. The van der Waals surface area contributed by atoms with Crippen LogP contribution < -0.4 is 10.6 Å². The van der Waals surface area contributed by atoms with Crippen LogP contribution in [-0.2, 0) is 14.2 Å². The maximum Gasteiger partial charge on any atom is 0.190 e. The van der Waals surface area contributed by atoms with Crippen LogP contribution in [0.15, 0.2) is 4.99 Å². The Kier molecular flexibility index (Phi) is 8.84. The minimum atomic E-state index is 0.297. The van der Waals surface area contributed by atoms with Crippen LogP contribution in [0.4, 0.5) is 0 Å². The average molecular weight is 341 g/mol. The highest BCUT2D eigenvalue weighted by Gasteiger charge is 2.33. The molecule has 1 aliphatic carbocycles. The number of hydrogen-bond acceptors (Lipinski definition) is 4. The zero-order valence-electron chi connectivity index (χ0n) is 15.4. The first-order valence-corrected chi connectivity index (χ1v) is 9.41. The lowest BCUT2D eigenvalue weighted by Crippen LogP contribution is -2.43. The van der Waals surface area contributed by atoms with Gasteiger partial charge >= 0.3 is 0 Å². The van der Waals surface area contributed by atoms with Crippen LogP contribution >= 0.6 is 0 Å². The van der Waals surface area contributed by atoms with E-state index in [1.54, 1.807) is 7.11 Å². The van der Waals surface area contributed by atoms with E-state index in [2.05, 4.69) is 15.6 Å². The lowest BCUT2D eigenvalue weighted by molar-refractivity contribution is 0.0420. The maximum absolute atomic E-state index is 5.78. The molecule has 2 rings (SSSR count). The summed E-state index contributed by atoms with van der Waals surface area (Å²) in [5, 5.41) is 6.90. The van der Waals surface area contributed by atoms with Gasteiger partial charge in [-0.2, -0.15) is 0 Å². The van der Waals surface area contributed by atoms with Crippen molar-refractivity contribution in [1.82, 2.24) is 10.6 Å². The number of nitrogens with zero attached hydrogens (tertiary/aromatic N) is 1. The predicted octanol–water partition coefficient (Wildman–Crippen LogP) is 1.94. The summed E-state index contributed by atoms with van der Waals surface area (Å²) in [6, 6.07) is 0. The number of methoxy groups -OCH3 is 1. The first-order chi connectivity index (χ1) is 11.8. The number of nitrogens with one attached hydrogen (secondary N) is 2. The average Bonchev–Trinajstić information content (AvgIpc) is 3.28. The van der Waals surface area contributed by atoms with Crippen molar-refractivity contribution < 1.29 is 14.2 Å². The molecular weight excluding hydrogens is 306 g/mol. The molecule has 6 nitrogen and oxygen atoms in total. The molecular formula is C18H35N3O3. The summed E-state index contributed by atoms with van der Waals surface area (Å²) in [6.07, 6.45) is 8.68. The van der Waals surface area contributed by atoms with Gasteiger partial charge in [-0.1, -0.05) is 12.8 Å². The lowest BCUT2D eigenvalue weighted by atomic mass is 9.83. The summed E-state index contributed by atoms with van der Waals surface area (Å²) in [5.74, 6) is 0.892. The second-order valence-corrected chi connectivity index (χ2v) is 7.01. The molecule has 0 spiro atoms. The third-order valence-corrected chi connectivity index (χ3v) is 5.21. The summed E-state index contributed by atoms with van der Waals surface area (Å²) >= 11 is 0. The van der Waals surface area contributed by atoms with Gasteiger partial charge in [0.05, 0.1) is 12.7 Å². The standard InChI is InChI=1S/C18H35N3O3/c1-19-17(20-10-5-11-24-16-6-12-23-14-16)21-15-18(9-13-22-2)7-3-4-8-18/h16H,3-15H2,1-2H3,(H2,19,20,21). The van der Waals surface area contributed by atoms with Crippen LogP contribution in [0.5, 0.6) is 0 Å². The fourth-order valence-electron chi connectivity index (χ4n) is 3.62. The van der Waals surface area contributed by atoms with Crippen molar-refractivity contribution in [3.8, 4) is 0 Å². The SMILES string of the molecule is CN=C(NCCCOC1CCOC1)NCC1(CCOC)CCCC1. The minimum absolute atomic E-state index is 0.297. The molecule has 0 bridgehead atoms. The van der Waals surface area contributed by atoms with Crippen molar-refractivity contribution >= 4 is 5.96 Å². The highest BCUT2D eigenvalue weighted by atomic mass is 16.5. The van der Waals surface area contributed by atoms with Crippen molar-refractivity contribution in [3.05, 3.63) is 0 Å². The Morgan fingerprint density at radius 1 is 1.25 bits per heavy atom. The molecule has 0 radical (unpaired) electrons. The van der Waals surface area contributed by atoms with Gasteiger partial charge in [-0.05, 0) is 37.5 Å². The van der Waals surface area contributed by atoms with Gasteiger partial charge in [0.25, 0.3) is 0 Å². The molecule has 24 heavy (non-hydrogen) atoms. The summed E-state index contributed by atoms with van der Waals surface area (Å²) in [4.78, 5) is 4.34. The van der Waals surface area contributed by atoms with Crippen LogP contribution in [0.3, 0.4) is 0 Å². The topological polar surface area (TPSA) is 64.1 Å². The molecule has 1 heterocycles. The molecule has 2 N–H and O–H groups in total. The van der Waals surface area contributed by atoms with Gasteiger partial charge in [-0.3, -0.25) is 4.99 Å². The van der Waals surface area contributed by atoms with E-state index in [0.29, 0.717) is 11.5 Å². The van der Waals surface area contributed by atoms with Crippen LogP contribution in [0.1, 0.15) is 44.9 Å². The second kappa shape index (κ2) is 10.9. The lowest BCUT2D eigenvalue weighted by Gasteiger charge is -2.30. The Morgan fingerprint density at radius 3 is 2.75 bits per heavy atom. The molecule has 140 valence electrons. The van der Waals surface area contributed by atoms with E-state index >= 15 is 0 Å². The van der Waals surface area contributed by atoms with E-state index in [4.69, 9.17) is 14.2 Å². The van der Waals surface area contributed by atoms with Gasteiger partial charge in [0, 0.05) is 47.1 Å². The second-order valence-electron chi connectivity index (χ2n) is 7.01. The Hall–Kier alpha value is -0.850. The molecule has 0 aromatic heterocycles. The van der Waals surface area contributed by atoms with Gasteiger partial charge in [-0.15, -0.1) is 0 Å². The summed E-state index contributed by atoms with van der Waals surface area (Å²) in [7, 11) is 3.62. The van der Waals surface area contributed by atoms with Crippen LogP contribution in [0.25, 0.3) is 0 Å². The highest BCUT2D eigenvalue weighted by molar-refractivity contribution is 5.79. The van der Waals surface area contributed by atoms with Crippen molar-refractivity contribution in [2.75, 3.05) is 53.7 Å². The molecule has 0 aromatic carbocycles. The van der Waals surface area contributed by atoms with E-state index in [9.17, 15) is 0 Å². The molecule has 2 aliphatic rings. The minimum Gasteiger partial charge on any atom is -0.385 e. The molecule has 1 aliphatic heterocycles. The number of rotatable bonds is 10. The molecule has 1 saturated carbocycles. The van der Waals surface area contributed by atoms with E-state index in [1.807, 2.05) is 7.05 Å².